The molecule has 1 N–H and O–H groups in total. The second-order valence-electron chi connectivity index (χ2n) is 6.60. The van der Waals surface area contributed by atoms with E-state index in [2.05, 4.69) is 21.2 Å². The second-order valence-corrected chi connectivity index (χ2v) is 7.52. The summed E-state index contributed by atoms with van der Waals surface area (Å²) in [6, 6.07) is 22.4. The number of carbonyl (C=O) groups is 1. The van der Waals surface area contributed by atoms with Crippen molar-refractivity contribution in [1.82, 2.24) is 4.98 Å². The maximum atomic E-state index is 13.3. The number of nitrogens with one attached hydrogen (secondary N) is 1. The molecule has 0 fully saturated rings. The van der Waals surface area contributed by atoms with Crippen molar-refractivity contribution >= 4 is 38.4 Å². The topological polar surface area (TPSA) is 60.5 Å². The van der Waals surface area contributed by atoms with E-state index < -0.39 is 0 Å². The van der Waals surface area contributed by atoms with Gasteiger partial charge in [0.2, 0.25) is 0 Å². The van der Waals surface area contributed by atoms with Gasteiger partial charge in [0.1, 0.15) is 11.5 Å². The van der Waals surface area contributed by atoms with Crippen LogP contribution in [0.5, 0.6) is 11.5 Å². The molecule has 1 amide bonds. The second kappa shape index (κ2) is 8.55. The Morgan fingerprint density at radius 2 is 1.77 bits per heavy atom. The standard InChI is InChI=1S/C24H19BrN2O3/c1-29-17-7-5-6-15(12-17)22-14-19(18-13-16(25)10-11-20(18)26-22)24(28)27-21-8-3-4-9-23(21)30-2/h3-14H,1-2H3,(H,27,28). The molecular weight excluding hydrogens is 444 g/mol. The number of rotatable bonds is 5. The van der Waals surface area contributed by atoms with E-state index in [1.807, 2.05) is 54.6 Å². The van der Waals surface area contributed by atoms with Gasteiger partial charge in [-0.1, -0.05) is 40.2 Å². The van der Waals surface area contributed by atoms with E-state index in [9.17, 15) is 4.79 Å². The number of hydrogen-bond acceptors (Lipinski definition) is 4. The molecule has 4 aromatic rings. The third-order valence-corrected chi connectivity index (χ3v) is 5.23. The quantitative estimate of drug-likeness (QED) is 0.398. The number of para-hydroxylation sites is 2. The van der Waals surface area contributed by atoms with E-state index in [0.717, 1.165) is 26.7 Å². The van der Waals surface area contributed by atoms with E-state index in [1.165, 1.54) is 0 Å². The molecule has 150 valence electrons. The monoisotopic (exact) mass is 462 g/mol. The maximum Gasteiger partial charge on any atom is 0.256 e. The number of aromatic nitrogens is 1. The summed E-state index contributed by atoms with van der Waals surface area (Å²) in [7, 11) is 3.20. The summed E-state index contributed by atoms with van der Waals surface area (Å²) in [5.74, 6) is 1.08. The molecule has 0 spiro atoms. The molecule has 0 aliphatic carbocycles. The van der Waals surface area contributed by atoms with Crippen molar-refractivity contribution in [1.29, 1.82) is 0 Å². The van der Waals surface area contributed by atoms with Crippen molar-refractivity contribution < 1.29 is 14.3 Å². The van der Waals surface area contributed by atoms with Gasteiger partial charge in [0.25, 0.3) is 5.91 Å². The van der Waals surface area contributed by atoms with Crippen LogP contribution in [-0.2, 0) is 0 Å². The van der Waals surface area contributed by atoms with Crippen molar-refractivity contribution in [3.05, 3.63) is 82.8 Å². The number of nitrogens with zero attached hydrogens (tertiary/aromatic N) is 1. The molecule has 0 aliphatic heterocycles. The van der Waals surface area contributed by atoms with Crippen LogP contribution >= 0.6 is 15.9 Å². The number of ether oxygens (including phenoxy) is 2. The molecule has 0 bridgehead atoms. The van der Waals surface area contributed by atoms with Gasteiger partial charge in [-0.2, -0.15) is 0 Å². The van der Waals surface area contributed by atoms with Gasteiger partial charge in [-0.15, -0.1) is 0 Å². The van der Waals surface area contributed by atoms with Crippen LogP contribution in [0.4, 0.5) is 5.69 Å². The first kappa shape index (κ1) is 19.9. The number of pyridine rings is 1. The van der Waals surface area contributed by atoms with Crippen molar-refractivity contribution in [2.24, 2.45) is 0 Å². The van der Waals surface area contributed by atoms with Crippen LogP contribution in [-0.4, -0.2) is 25.1 Å². The minimum Gasteiger partial charge on any atom is -0.497 e. The van der Waals surface area contributed by atoms with Crippen LogP contribution in [0.2, 0.25) is 0 Å². The number of halogens is 1. The van der Waals surface area contributed by atoms with Gasteiger partial charge in [-0.05, 0) is 48.5 Å². The number of amides is 1. The molecule has 0 unspecified atom stereocenters. The Labute approximate surface area is 182 Å². The fraction of sp³-hybridized carbons (Fsp3) is 0.0833. The number of methoxy groups -OCH3 is 2. The predicted molar refractivity (Wildman–Crippen MR) is 122 cm³/mol. The highest BCUT2D eigenvalue weighted by Gasteiger charge is 2.16. The normalized spacial score (nSPS) is 10.6. The summed E-state index contributed by atoms with van der Waals surface area (Å²) < 4.78 is 11.6. The summed E-state index contributed by atoms with van der Waals surface area (Å²) in [6.07, 6.45) is 0. The third kappa shape index (κ3) is 4.00. The summed E-state index contributed by atoms with van der Waals surface area (Å²) in [5, 5.41) is 3.71. The molecule has 0 saturated carbocycles. The zero-order valence-corrected chi connectivity index (χ0v) is 18.1. The zero-order valence-electron chi connectivity index (χ0n) is 16.5. The molecule has 1 heterocycles. The average molecular weight is 463 g/mol. The van der Waals surface area contributed by atoms with Crippen molar-refractivity contribution in [2.75, 3.05) is 19.5 Å². The summed E-state index contributed by atoms with van der Waals surface area (Å²) in [6.45, 7) is 0. The third-order valence-electron chi connectivity index (χ3n) is 4.74. The summed E-state index contributed by atoms with van der Waals surface area (Å²) in [5.41, 5.74) is 3.40. The number of hydrogen-bond donors (Lipinski definition) is 1. The predicted octanol–water partition coefficient (Wildman–Crippen LogP) is 5.93. The van der Waals surface area contributed by atoms with Gasteiger partial charge in [-0.25, -0.2) is 4.98 Å². The highest BCUT2D eigenvalue weighted by molar-refractivity contribution is 9.10. The molecular formula is C24H19BrN2O3. The first-order valence-corrected chi connectivity index (χ1v) is 10.1. The van der Waals surface area contributed by atoms with Gasteiger partial charge in [0.05, 0.1) is 36.7 Å². The van der Waals surface area contributed by atoms with Gasteiger partial charge < -0.3 is 14.8 Å². The molecule has 0 radical (unpaired) electrons. The highest BCUT2D eigenvalue weighted by Crippen LogP contribution is 2.30. The highest BCUT2D eigenvalue weighted by atomic mass is 79.9. The van der Waals surface area contributed by atoms with Crippen molar-refractivity contribution in [3.8, 4) is 22.8 Å². The fourth-order valence-electron chi connectivity index (χ4n) is 3.25. The molecule has 0 atom stereocenters. The lowest BCUT2D eigenvalue weighted by Crippen LogP contribution is -2.13. The minimum absolute atomic E-state index is 0.242. The number of benzene rings is 3. The van der Waals surface area contributed by atoms with Gasteiger partial charge in [0.15, 0.2) is 0 Å². The Hall–Kier alpha value is -3.38. The van der Waals surface area contributed by atoms with Crippen LogP contribution in [0.15, 0.2) is 77.3 Å². The first-order chi connectivity index (χ1) is 14.6. The zero-order chi connectivity index (χ0) is 21.1. The molecule has 4 rings (SSSR count). The van der Waals surface area contributed by atoms with Crippen LogP contribution in [0.3, 0.4) is 0 Å². The molecule has 1 aromatic heterocycles. The van der Waals surface area contributed by atoms with Gasteiger partial charge in [0, 0.05) is 15.4 Å². The Kier molecular flexibility index (Phi) is 5.68. The number of carbonyl (C=O) groups excluding carboxylic acids is 1. The minimum atomic E-state index is -0.242. The smallest absolute Gasteiger partial charge is 0.256 e. The van der Waals surface area contributed by atoms with Crippen LogP contribution in [0, 0.1) is 0 Å². The van der Waals surface area contributed by atoms with E-state index in [0.29, 0.717) is 22.7 Å². The summed E-state index contributed by atoms with van der Waals surface area (Å²) in [4.78, 5) is 18.0. The van der Waals surface area contributed by atoms with Crippen molar-refractivity contribution in [2.45, 2.75) is 0 Å². The van der Waals surface area contributed by atoms with Crippen LogP contribution in [0.25, 0.3) is 22.2 Å². The largest absolute Gasteiger partial charge is 0.497 e. The van der Waals surface area contributed by atoms with E-state index in [1.54, 1.807) is 32.4 Å². The average Bonchev–Trinajstić information content (AvgIpc) is 2.78. The Morgan fingerprint density at radius 3 is 2.57 bits per heavy atom. The lowest BCUT2D eigenvalue weighted by Gasteiger charge is -2.13. The lowest BCUT2D eigenvalue weighted by molar-refractivity contribution is 0.102. The summed E-state index contributed by atoms with van der Waals surface area (Å²) >= 11 is 3.49. The molecule has 0 saturated heterocycles. The Bertz CT molecular complexity index is 1240. The maximum absolute atomic E-state index is 13.3. The number of anilines is 1. The number of fused-ring (bicyclic) bond motifs is 1. The Morgan fingerprint density at radius 1 is 0.933 bits per heavy atom. The van der Waals surface area contributed by atoms with E-state index in [-0.39, 0.29) is 5.91 Å². The molecule has 0 aliphatic rings. The van der Waals surface area contributed by atoms with E-state index in [4.69, 9.17) is 14.5 Å². The van der Waals surface area contributed by atoms with Gasteiger partial charge >= 0.3 is 0 Å². The molecule has 30 heavy (non-hydrogen) atoms. The van der Waals surface area contributed by atoms with E-state index >= 15 is 0 Å². The molecule has 3 aromatic carbocycles. The Balaban J connectivity index is 1.84. The molecule has 6 heteroatoms. The lowest BCUT2D eigenvalue weighted by atomic mass is 10.0. The fourth-order valence-corrected chi connectivity index (χ4v) is 3.61. The molecule has 5 nitrogen and oxygen atoms in total. The first-order valence-electron chi connectivity index (χ1n) is 9.28. The SMILES string of the molecule is COc1cccc(-c2cc(C(=O)Nc3ccccc3OC)c3cc(Br)ccc3n2)c1. The van der Waals surface area contributed by atoms with Gasteiger partial charge in [-0.3, -0.25) is 4.79 Å². The van der Waals surface area contributed by atoms with Crippen molar-refractivity contribution in [3.63, 3.8) is 0 Å². The van der Waals surface area contributed by atoms with Crippen LogP contribution < -0.4 is 14.8 Å². The van der Waals surface area contributed by atoms with Crippen LogP contribution in [0.1, 0.15) is 10.4 Å².